The molecule has 2 aromatic carbocycles. The molecule has 0 aliphatic heterocycles. The quantitative estimate of drug-likeness (QED) is 0.893. The van der Waals surface area contributed by atoms with Gasteiger partial charge in [0, 0.05) is 17.8 Å². The van der Waals surface area contributed by atoms with E-state index >= 15 is 0 Å². The van der Waals surface area contributed by atoms with Gasteiger partial charge in [0.2, 0.25) is 0 Å². The first-order chi connectivity index (χ1) is 9.52. The van der Waals surface area contributed by atoms with Crippen LogP contribution in [-0.4, -0.2) is 7.11 Å². The van der Waals surface area contributed by atoms with E-state index in [2.05, 4.69) is 5.32 Å². The zero-order valence-electron chi connectivity index (χ0n) is 12.4. The number of ether oxygens (including phenoxy) is 1. The molecule has 0 radical (unpaired) electrons. The second-order valence-electron chi connectivity index (χ2n) is 5.03. The van der Waals surface area contributed by atoms with Gasteiger partial charge < -0.3 is 10.1 Å². The molecule has 0 unspecified atom stereocenters. The molecule has 0 saturated heterocycles. The fraction of sp³-hybridized carbons (Fsp3) is 0.294. The Morgan fingerprint density at radius 1 is 1.05 bits per heavy atom. The number of aryl methyl sites for hydroxylation is 2. The van der Waals surface area contributed by atoms with Crippen LogP contribution >= 0.6 is 0 Å². The number of methoxy groups -OCH3 is 1. The van der Waals surface area contributed by atoms with Crippen molar-refractivity contribution in [2.45, 2.75) is 27.3 Å². The normalized spacial score (nSPS) is 10.4. The molecule has 0 saturated carbocycles. The smallest absolute Gasteiger partial charge is 0.126 e. The maximum Gasteiger partial charge on any atom is 0.126 e. The first kappa shape index (κ1) is 14.4. The number of hydrogen-bond acceptors (Lipinski definition) is 2. The Balaban J connectivity index is 2.16. The van der Waals surface area contributed by atoms with Crippen LogP contribution in [0.2, 0.25) is 0 Å². The molecule has 0 spiro atoms. The van der Waals surface area contributed by atoms with Crippen molar-refractivity contribution < 1.29 is 9.13 Å². The van der Waals surface area contributed by atoms with Gasteiger partial charge in [-0.25, -0.2) is 4.39 Å². The van der Waals surface area contributed by atoms with Crippen molar-refractivity contribution in [3.63, 3.8) is 0 Å². The number of halogens is 1. The SMILES string of the molecule is COc1c(C)ccc(NCc2ccc(F)c(C)c2)c1C. The summed E-state index contributed by atoms with van der Waals surface area (Å²) < 4.78 is 18.6. The number of benzene rings is 2. The molecule has 0 aliphatic carbocycles. The first-order valence-electron chi connectivity index (χ1n) is 6.66. The van der Waals surface area contributed by atoms with Gasteiger partial charge in [-0.2, -0.15) is 0 Å². The number of rotatable bonds is 4. The van der Waals surface area contributed by atoms with Gasteiger partial charge in [0.25, 0.3) is 0 Å². The van der Waals surface area contributed by atoms with E-state index in [0.29, 0.717) is 12.1 Å². The standard InChI is InChI=1S/C17H20FNO/c1-11-5-8-16(13(3)17(11)20-4)19-10-14-6-7-15(18)12(2)9-14/h5-9,19H,10H2,1-4H3. The van der Waals surface area contributed by atoms with Crippen molar-refractivity contribution in [2.24, 2.45) is 0 Å². The molecular formula is C17H20FNO. The molecule has 2 aromatic rings. The maximum absolute atomic E-state index is 13.2. The average molecular weight is 273 g/mol. The minimum atomic E-state index is -0.165. The number of nitrogens with one attached hydrogen (secondary N) is 1. The molecule has 0 fully saturated rings. The highest BCUT2D eigenvalue weighted by molar-refractivity contribution is 5.59. The molecule has 20 heavy (non-hydrogen) atoms. The van der Waals surface area contributed by atoms with Crippen LogP contribution in [0.1, 0.15) is 22.3 Å². The van der Waals surface area contributed by atoms with Crippen molar-refractivity contribution in [1.29, 1.82) is 0 Å². The summed E-state index contributed by atoms with van der Waals surface area (Å²) in [6.07, 6.45) is 0. The van der Waals surface area contributed by atoms with Gasteiger partial charge in [-0.15, -0.1) is 0 Å². The lowest BCUT2D eigenvalue weighted by atomic mass is 10.1. The molecule has 0 heterocycles. The van der Waals surface area contributed by atoms with Crippen LogP contribution in [0.15, 0.2) is 30.3 Å². The highest BCUT2D eigenvalue weighted by Gasteiger charge is 2.07. The fourth-order valence-corrected chi connectivity index (χ4v) is 2.35. The molecule has 0 aliphatic rings. The second-order valence-corrected chi connectivity index (χ2v) is 5.03. The van der Waals surface area contributed by atoms with E-state index in [0.717, 1.165) is 28.1 Å². The Labute approximate surface area is 119 Å². The van der Waals surface area contributed by atoms with E-state index < -0.39 is 0 Å². The average Bonchev–Trinajstić information content (AvgIpc) is 2.42. The van der Waals surface area contributed by atoms with E-state index in [1.807, 2.05) is 32.0 Å². The van der Waals surface area contributed by atoms with E-state index in [1.165, 1.54) is 6.07 Å². The third-order valence-corrected chi connectivity index (χ3v) is 3.51. The zero-order chi connectivity index (χ0) is 14.7. The first-order valence-corrected chi connectivity index (χ1v) is 6.66. The lowest BCUT2D eigenvalue weighted by molar-refractivity contribution is 0.409. The van der Waals surface area contributed by atoms with Crippen molar-refractivity contribution in [3.8, 4) is 5.75 Å². The summed E-state index contributed by atoms with van der Waals surface area (Å²) in [5.74, 6) is 0.743. The van der Waals surface area contributed by atoms with Crippen molar-refractivity contribution >= 4 is 5.69 Å². The van der Waals surface area contributed by atoms with Crippen molar-refractivity contribution in [3.05, 3.63) is 58.4 Å². The molecular weight excluding hydrogens is 253 g/mol. The molecule has 0 atom stereocenters. The van der Waals surface area contributed by atoms with Gasteiger partial charge >= 0.3 is 0 Å². The van der Waals surface area contributed by atoms with Crippen LogP contribution in [0, 0.1) is 26.6 Å². The van der Waals surface area contributed by atoms with Gasteiger partial charge in [0.05, 0.1) is 7.11 Å². The largest absolute Gasteiger partial charge is 0.496 e. The van der Waals surface area contributed by atoms with Crippen LogP contribution in [0.4, 0.5) is 10.1 Å². The summed E-state index contributed by atoms with van der Waals surface area (Å²) >= 11 is 0. The Hall–Kier alpha value is -2.03. The topological polar surface area (TPSA) is 21.3 Å². The second kappa shape index (κ2) is 5.95. The predicted octanol–water partition coefficient (Wildman–Crippen LogP) is 4.37. The van der Waals surface area contributed by atoms with E-state index in [-0.39, 0.29) is 5.82 Å². The fourth-order valence-electron chi connectivity index (χ4n) is 2.35. The van der Waals surface area contributed by atoms with E-state index in [1.54, 1.807) is 20.1 Å². The highest BCUT2D eigenvalue weighted by atomic mass is 19.1. The van der Waals surface area contributed by atoms with Crippen molar-refractivity contribution in [2.75, 3.05) is 12.4 Å². The van der Waals surface area contributed by atoms with Gasteiger partial charge in [0.1, 0.15) is 11.6 Å². The van der Waals surface area contributed by atoms with Crippen LogP contribution in [-0.2, 0) is 6.54 Å². The summed E-state index contributed by atoms with van der Waals surface area (Å²) in [7, 11) is 1.68. The summed E-state index contributed by atoms with van der Waals surface area (Å²) in [5, 5.41) is 3.38. The summed E-state index contributed by atoms with van der Waals surface area (Å²) in [4.78, 5) is 0. The molecule has 1 N–H and O–H groups in total. The minimum absolute atomic E-state index is 0.165. The lowest BCUT2D eigenvalue weighted by Gasteiger charge is -2.15. The highest BCUT2D eigenvalue weighted by Crippen LogP contribution is 2.29. The zero-order valence-corrected chi connectivity index (χ0v) is 12.4. The lowest BCUT2D eigenvalue weighted by Crippen LogP contribution is -2.03. The third kappa shape index (κ3) is 2.93. The van der Waals surface area contributed by atoms with Crippen LogP contribution in [0.5, 0.6) is 5.75 Å². The van der Waals surface area contributed by atoms with Gasteiger partial charge in [0.15, 0.2) is 0 Å². The Bertz CT molecular complexity index is 623. The van der Waals surface area contributed by atoms with Crippen LogP contribution < -0.4 is 10.1 Å². The summed E-state index contributed by atoms with van der Waals surface area (Å²) in [5.41, 5.74) is 4.97. The summed E-state index contributed by atoms with van der Waals surface area (Å²) in [6.45, 7) is 6.50. The molecule has 0 amide bonds. The maximum atomic E-state index is 13.2. The third-order valence-electron chi connectivity index (χ3n) is 3.51. The van der Waals surface area contributed by atoms with Gasteiger partial charge in [-0.05, 0) is 49.6 Å². The molecule has 3 heteroatoms. The summed E-state index contributed by atoms with van der Waals surface area (Å²) in [6, 6.07) is 9.25. The van der Waals surface area contributed by atoms with Crippen LogP contribution in [0.25, 0.3) is 0 Å². The Kier molecular flexibility index (Phi) is 4.28. The minimum Gasteiger partial charge on any atom is -0.496 e. The molecule has 106 valence electrons. The molecule has 2 nitrogen and oxygen atoms in total. The molecule has 2 rings (SSSR count). The number of anilines is 1. The van der Waals surface area contributed by atoms with E-state index in [4.69, 9.17) is 4.74 Å². The Morgan fingerprint density at radius 2 is 1.80 bits per heavy atom. The van der Waals surface area contributed by atoms with Gasteiger partial charge in [-0.1, -0.05) is 18.2 Å². The van der Waals surface area contributed by atoms with E-state index in [9.17, 15) is 4.39 Å². The van der Waals surface area contributed by atoms with Gasteiger partial charge in [-0.3, -0.25) is 0 Å². The molecule has 0 bridgehead atoms. The predicted molar refractivity (Wildman–Crippen MR) is 80.9 cm³/mol. The molecule has 0 aromatic heterocycles. The van der Waals surface area contributed by atoms with Crippen LogP contribution in [0.3, 0.4) is 0 Å². The number of hydrogen-bond donors (Lipinski definition) is 1. The Morgan fingerprint density at radius 3 is 2.45 bits per heavy atom. The monoisotopic (exact) mass is 273 g/mol. The van der Waals surface area contributed by atoms with Crippen molar-refractivity contribution in [1.82, 2.24) is 0 Å².